The number of hydrogen-bond donors (Lipinski definition) is 1. The summed E-state index contributed by atoms with van der Waals surface area (Å²) < 4.78 is 10.9. The van der Waals surface area contributed by atoms with Crippen molar-refractivity contribution in [3.05, 3.63) is 35.7 Å². The second-order valence-electron chi connectivity index (χ2n) is 4.34. The van der Waals surface area contributed by atoms with Crippen LogP contribution in [-0.4, -0.2) is 29.8 Å². The van der Waals surface area contributed by atoms with Gasteiger partial charge < -0.3 is 14.6 Å². The van der Waals surface area contributed by atoms with Crippen LogP contribution in [0.1, 0.15) is 17.5 Å². The fourth-order valence-electron chi connectivity index (χ4n) is 2.02. The van der Waals surface area contributed by atoms with E-state index in [4.69, 9.17) is 9.26 Å². The van der Waals surface area contributed by atoms with Crippen LogP contribution in [0.2, 0.25) is 0 Å². The predicted octanol–water partition coefficient (Wildman–Crippen LogP) is 1.71. The molecule has 1 aromatic heterocycles. The van der Waals surface area contributed by atoms with Crippen molar-refractivity contribution in [1.29, 1.82) is 0 Å². The fourth-order valence-corrected chi connectivity index (χ4v) is 2.02. The fraction of sp³-hybridized carbons (Fsp3) is 0.385. The summed E-state index contributed by atoms with van der Waals surface area (Å²) in [4.78, 5) is 4.42. The minimum absolute atomic E-state index is 0.111. The molecule has 1 atom stereocenters. The highest BCUT2D eigenvalue weighted by molar-refractivity contribution is 5.57. The first kappa shape index (κ1) is 11.4. The summed E-state index contributed by atoms with van der Waals surface area (Å²) in [5, 5.41) is 7.25. The van der Waals surface area contributed by atoms with Gasteiger partial charge in [0.15, 0.2) is 0 Å². The van der Waals surface area contributed by atoms with Crippen molar-refractivity contribution in [1.82, 2.24) is 15.5 Å². The molecule has 2 aromatic rings. The standard InChI is InChI=1S/C13H15N3O2/c1-9-4-2-3-5-10(9)13-15-12(16-18-13)11-8-14-6-7-17-11/h2-5,11,14H,6-8H2,1H3. The Kier molecular flexibility index (Phi) is 3.08. The molecule has 1 saturated heterocycles. The Morgan fingerprint density at radius 1 is 1.33 bits per heavy atom. The third-order valence-corrected chi connectivity index (χ3v) is 3.03. The minimum atomic E-state index is -0.111. The summed E-state index contributed by atoms with van der Waals surface area (Å²) >= 11 is 0. The van der Waals surface area contributed by atoms with Gasteiger partial charge in [0, 0.05) is 18.7 Å². The molecule has 1 N–H and O–H groups in total. The van der Waals surface area contributed by atoms with Crippen LogP contribution in [0.25, 0.3) is 11.5 Å². The number of nitrogens with zero attached hydrogens (tertiary/aromatic N) is 2. The maximum atomic E-state index is 5.60. The molecule has 3 rings (SSSR count). The van der Waals surface area contributed by atoms with Crippen molar-refractivity contribution in [2.45, 2.75) is 13.0 Å². The average Bonchev–Trinajstić information content (AvgIpc) is 2.90. The van der Waals surface area contributed by atoms with Crippen LogP contribution in [-0.2, 0) is 4.74 Å². The number of nitrogens with one attached hydrogen (secondary N) is 1. The maximum absolute atomic E-state index is 5.60. The van der Waals surface area contributed by atoms with Crippen molar-refractivity contribution in [3.63, 3.8) is 0 Å². The monoisotopic (exact) mass is 245 g/mol. The molecule has 0 saturated carbocycles. The van der Waals surface area contributed by atoms with Crippen LogP contribution in [0.15, 0.2) is 28.8 Å². The van der Waals surface area contributed by atoms with E-state index in [1.54, 1.807) is 0 Å². The number of aromatic nitrogens is 2. The van der Waals surface area contributed by atoms with E-state index >= 15 is 0 Å². The Morgan fingerprint density at radius 3 is 3.00 bits per heavy atom. The summed E-state index contributed by atoms with van der Waals surface area (Å²) in [5.41, 5.74) is 2.09. The zero-order chi connectivity index (χ0) is 12.4. The highest BCUT2D eigenvalue weighted by Gasteiger charge is 2.22. The topological polar surface area (TPSA) is 60.2 Å². The van der Waals surface area contributed by atoms with Crippen molar-refractivity contribution < 1.29 is 9.26 Å². The van der Waals surface area contributed by atoms with E-state index in [2.05, 4.69) is 15.5 Å². The van der Waals surface area contributed by atoms with Crippen LogP contribution in [0.3, 0.4) is 0 Å². The van der Waals surface area contributed by atoms with Gasteiger partial charge in [-0.1, -0.05) is 23.4 Å². The van der Waals surface area contributed by atoms with Crippen molar-refractivity contribution in [2.24, 2.45) is 0 Å². The molecule has 1 aliphatic rings. The largest absolute Gasteiger partial charge is 0.367 e. The third-order valence-electron chi connectivity index (χ3n) is 3.03. The molecule has 1 aromatic carbocycles. The molecule has 0 aliphatic carbocycles. The summed E-state index contributed by atoms with van der Waals surface area (Å²) in [5.74, 6) is 1.16. The van der Waals surface area contributed by atoms with Gasteiger partial charge in [0.2, 0.25) is 5.82 Å². The molecule has 0 spiro atoms. The molecule has 2 heterocycles. The van der Waals surface area contributed by atoms with E-state index in [9.17, 15) is 0 Å². The van der Waals surface area contributed by atoms with E-state index in [1.165, 1.54) is 0 Å². The van der Waals surface area contributed by atoms with E-state index < -0.39 is 0 Å². The minimum Gasteiger partial charge on any atom is -0.367 e. The third kappa shape index (κ3) is 2.14. The van der Waals surface area contributed by atoms with E-state index in [1.807, 2.05) is 31.2 Å². The maximum Gasteiger partial charge on any atom is 0.258 e. The van der Waals surface area contributed by atoms with Crippen molar-refractivity contribution in [2.75, 3.05) is 19.7 Å². The highest BCUT2D eigenvalue weighted by Crippen LogP contribution is 2.23. The number of hydrogen-bond acceptors (Lipinski definition) is 5. The molecule has 5 heteroatoms. The van der Waals surface area contributed by atoms with Crippen LogP contribution < -0.4 is 5.32 Å². The van der Waals surface area contributed by atoms with Gasteiger partial charge in [0.05, 0.1) is 6.61 Å². The molecule has 18 heavy (non-hydrogen) atoms. The van der Waals surface area contributed by atoms with Gasteiger partial charge in [-0.25, -0.2) is 0 Å². The van der Waals surface area contributed by atoms with Crippen LogP contribution in [0.4, 0.5) is 0 Å². The summed E-state index contributed by atoms with van der Waals surface area (Å²) in [6.07, 6.45) is -0.111. The lowest BCUT2D eigenvalue weighted by Gasteiger charge is -2.20. The number of rotatable bonds is 2. The Labute approximate surface area is 105 Å². The first-order valence-electron chi connectivity index (χ1n) is 6.06. The molecule has 1 unspecified atom stereocenters. The number of ether oxygens (including phenoxy) is 1. The van der Waals surface area contributed by atoms with Gasteiger partial charge in [-0.15, -0.1) is 0 Å². The Morgan fingerprint density at radius 2 is 2.22 bits per heavy atom. The zero-order valence-corrected chi connectivity index (χ0v) is 10.2. The molecular weight excluding hydrogens is 230 g/mol. The summed E-state index contributed by atoms with van der Waals surface area (Å²) in [6.45, 7) is 4.31. The molecule has 0 radical (unpaired) electrons. The van der Waals surface area contributed by atoms with Crippen molar-refractivity contribution >= 4 is 0 Å². The first-order valence-corrected chi connectivity index (χ1v) is 6.06. The Balaban J connectivity index is 1.87. The lowest BCUT2D eigenvalue weighted by molar-refractivity contribution is 0.0208. The van der Waals surface area contributed by atoms with Gasteiger partial charge in [0.25, 0.3) is 5.89 Å². The number of aryl methyl sites for hydroxylation is 1. The van der Waals surface area contributed by atoms with Gasteiger partial charge in [-0.05, 0) is 18.6 Å². The Bertz CT molecular complexity index is 533. The van der Waals surface area contributed by atoms with E-state index in [-0.39, 0.29) is 6.10 Å². The van der Waals surface area contributed by atoms with E-state index in [0.29, 0.717) is 18.3 Å². The second kappa shape index (κ2) is 4.88. The smallest absolute Gasteiger partial charge is 0.258 e. The molecule has 0 amide bonds. The predicted molar refractivity (Wildman–Crippen MR) is 66.0 cm³/mol. The quantitative estimate of drug-likeness (QED) is 0.872. The molecule has 0 bridgehead atoms. The van der Waals surface area contributed by atoms with Crippen LogP contribution >= 0.6 is 0 Å². The molecule has 1 aliphatic heterocycles. The zero-order valence-electron chi connectivity index (χ0n) is 10.2. The van der Waals surface area contributed by atoms with Crippen molar-refractivity contribution in [3.8, 4) is 11.5 Å². The lowest BCUT2D eigenvalue weighted by Crippen LogP contribution is -2.33. The van der Waals surface area contributed by atoms with E-state index in [0.717, 1.165) is 24.2 Å². The summed E-state index contributed by atoms with van der Waals surface area (Å²) in [7, 11) is 0. The average molecular weight is 245 g/mol. The van der Waals surface area contributed by atoms with Gasteiger partial charge in [-0.3, -0.25) is 0 Å². The number of morpholine rings is 1. The molecule has 94 valence electrons. The highest BCUT2D eigenvalue weighted by atomic mass is 16.5. The SMILES string of the molecule is Cc1ccccc1-c1nc(C2CNCCO2)no1. The van der Waals surface area contributed by atoms with Gasteiger partial charge in [0.1, 0.15) is 6.10 Å². The van der Waals surface area contributed by atoms with Gasteiger partial charge >= 0.3 is 0 Å². The first-order chi connectivity index (χ1) is 8.84. The number of benzene rings is 1. The van der Waals surface area contributed by atoms with Gasteiger partial charge in [-0.2, -0.15) is 4.98 Å². The Hall–Kier alpha value is -1.72. The molecule has 1 fully saturated rings. The molecule has 5 nitrogen and oxygen atoms in total. The van der Waals surface area contributed by atoms with Crippen LogP contribution in [0, 0.1) is 6.92 Å². The normalized spacial score (nSPS) is 19.9. The van der Waals surface area contributed by atoms with Crippen LogP contribution in [0.5, 0.6) is 0 Å². The molecular formula is C13H15N3O2. The lowest BCUT2D eigenvalue weighted by atomic mass is 10.1. The second-order valence-corrected chi connectivity index (χ2v) is 4.34. The summed E-state index contributed by atoms with van der Waals surface area (Å²) in [6, 6.07) is 7.96.